The van der Waals surface area contributed by atoms with Gasteiger partial charge in [0, 0.05) is 5.56 Å². The van der Waals surface area contributed by atoms with Crippen LogP contribution < -0.4 is 4.74 Å². The first-order valence-electron chi connectivity index (χ1n) is 8.13. The molecule has 1 nitrogen and oxygen atoms in total. The molecule has 0 heterocycles. The summed E-state index contributed by atoms with van der Waals surface area (Å²) in [7, 11) is 0. The van der Waals surface area contributed by atoms with Crippen LogP contribution in [0.25, 0.3) is 0 Å². The number of para-hydroxylation sites is 1. The van der Waals surface area contributed by atoms with Gasteiger partial charge in [-0.1, -0.05) is 32.0 Å². The van der Waals surface area contributed by atoms with Crippen molar-refractivity contribution < 1.29 is 4.74 Å². The zero-order valence-corrected chi connectivity index (χ0v) is 13.6. The Balaban J connectivity index is 2.03. The number of benzene rings is 1. The second-order valence-electron chi connectivity index (χ2n) is 8.13. The van der Waals surface area contributed by atoms with Gasteiger partial charge >= 0.3 is 0 Å². The molecule has 1 aromatic rings. The van der Waals surface area contributed by atoms with E-state index in [0.29, 0.717) is 11.3 Å². The maximum atomic E-state index is 6.43. The van der Waals surface area contributed by atoms with Crippen LogP contribution in [0.5, 0.6) is 5.75 Å². The van der Waals surface area contributed by atoms with Crippen molar-refractivity contribution in [3.05, 3.63) is 29.3 Å². The molecule has 2 aliphatic rings. The fraction of sp³-hybridized carbons (Fsp3) is 0.684. The second kappa shape index (κ2) is 4.51. The van der Waals surface area contributed by atoms with E-state index in [1.54, 1.807) is 0 Å². The average molecular weight is 272 g/mol. The molecule has 3 rings (SSSR count). The fourth-order valence-electron chi connectivity index (χ4n) is 3.12. The molecule has 0 N–H and O–H groups in total. The minimum atomic E-state index is -0.126. The van der Waals surface area contributed by atoms with Gasteiger partial charge < -0.3 is 4.74 Å². The Bertz CT molecular complexity index is 501. The van der Waals surface area contributed by atoms with E-state index in [1.807, 2.05) is 0 Å². The highest BCUT2D eigenvalue weighted by Crippen LogP contribution is 2.54. The van der Waals surface area contributed by atoms with Crippen molar-refractivity contribution in [1.82, 2.24) is 0 Å². The Morgan fingerprint density at radius 3 is 2.35 bits per heavy atom. The molecule has 0 saturated heterocycles. The van der Waals surface area contributed by atoms with Crippen molar-refractivity contribution in [3.8, 4) is 5.75 Å². The predicted molar refractivity (Wildman–Crippen MR) is 84.5 cm³/mol. The summed E-state index contributed by atoms with van der Waals surface area (Å²) in [6, 6.07) is 6.82. The third-order valence-electron chi connectivity index (χ3n) is 4.92. The van der Waals surface area contributed by atoms with Gasteiger partial charge in [0.1, 0.15) is 11.4 Å². The summed E-state index contributed by atoms with van der Waals surface area (Å²) < 4.78 is 6.43. The highest BCUT2D eigenvalue weighted by Gasteiger charge is 2.43. The molecule has 20 heavy (non-hydrogen) atoms. The molecular formula is C19H28O. The van der Waals surface area contributed by atoms with E-state index in [2.05, 4.69) is 52.8 Å². The van der Waals surface area contributed by atoms with E-state index in [4.69, 9.17) is 4.74 Å². The minimum Gasteiger partial charge on any atom is -0.488 e. The van der Waals surface area contributed by atoms with Gasteiger partial charge in [0.2, 0.25) is 0 Å². The molecule has 2 saturated carbocycles. The van der Waals surface area contributed by atoms with Crippen molar-refractivity contribution in [3.63, 3.8) is 0 Å². The van der Waals surface area contributed by atoms with Crippen molar-refractivity contribution in [2.45, 2.75) is 77.2 Å². The monoisotopic (exact) mass is 272 g/mol. The lowest BCUT2D eigenvalue weighted by Gasteiger charge is -2.29. The van der Waals surface area contributed by atoms with Gasteiger partial charge in [0.25, 0.3) is 0 Å². The first-order valence-corrected chi connectivity index (χ1v) is 8.13. The first-order chi connectivity index (χ1) is 9.30. The van der Waals surface area contributed by atoms with Crippen LogP contribution in [-0.2, 0) is 5.41 Å². The van der Waals surface area contributed by atoms with Crippen molar-refractivity contribution in [2.75, 3.05) is 0 Å². The maximum absolute atomic E-state index is 6.43. The van der Waals surface area contributed by atoms with Crippen molar-refractivity contribution in [2.24, 2.45) is 5.92 Å². The molecule has 0 amide bonds. The molecule has 1 unspecified atom stereocenters. The molecule has 0 aliphatic heterocycles. The van der Waals surface area contributed by atoms with E-state index in [1.165, 1.54) is 42.6 Å². The molecule has 1 aromatic carbocycles. The summed E-state index contributed by atoms with van der Waals surface area (Å²) in [4.78, 5) is 0. The highest BCUT2D eigenvalue weighted by molar-refractivity contribution is 5.50. The largest absolute Gasteiger partial charge is 0.488 e. The van der Waals surface area contributed by atoms with Crippen LogP contribution in [0.4, 0.5) is 0 Å². The van der Waals surface area contributed by atoms with E-state index in [-0.39, 0.29) is 5.60 Å². The molecule has 2 aliphatic carbocycles. The van der Waals surface area contributed by atoms with Gasteiger partial charge in [-0.25, -0.2) is 0 Å². The lowest BCUT2D eigenvalue weighted by atomic mass is 9.88. The normalized spacial score (nSPS) is 22.4. The van der Waals surface area contributed by atoms with E-state index < -0.39 is 0 Å². The zero-order valence-electron chi connectivity index (χ0n) is 13.6. The van der Waals surface area contributed by atoms with Gasteiger partial charge in [0.05, 0.1) is 0 Å². The summed E-state index contributed by atoms with van der Waals surface area (Å²) in [5.41, 5.74) is 3.12. The Morgan fingerprint density at radius 2 is 1.85 bits per heavy atom. The van der Waals surface area contributed by atoms with Gasteiger partial charge in [-0.05, 0) is 69.3 Å². The lowest BCUT2D eigenvalue weighted by molar-refractivity contribution is 0.126. The molecule has 110 valence electrons. The maximum Gasteiger partial charge on any atom is 0.127 e. The smallest absolute Gasteiger partial charge is 0.127 e. The topological polar surface area (TPSA) is 9.23 Å². The molecule has 1 atom stereocenters. The quantitative estimate of drug-likeness (QED) is 0.710. The number of hydrogen-bond donors (Lipinski definition) is 0. The third kappa shape index (κ3) is 2.73. The Morgan fingerprint density at radius 1 is 1.20 bits per heavy atom. The summed E-state index contributed by atoms with van der Waals surface area (Å²) in [5, 5.41) is 0. The van der Waals surface area contributed by atoms with Gasteiger partial charge in [-0.15, -0.1) is 0 Å². The van der Waals surface area contributed by atoms with Crippen LogP contribution >= 0.6 is 0 Å². The standard InChI is InChI=1S/C19H28O/c1-13(14-9-10-14)15-7-6-8-16(19(5)11-12-19)17(15)20-18(2,3)4/h6-8,13-14H,9-12H2,1-5H3. The number of ether oxygens (including phenoxy) is 1. The van der Waals surface area contributed by atoms with Gasteiger partial charge in [-0.3, -0.25) is 0 Å². The first kappa shape index (κ1) is 14.0. The summed E-state index contributed by atoms with van der Waals surface area (Å²) in [6.07, 6.45) is 5.37. The van der Waals surface area contributed by atoms with Crippen LogP contribution in [0, 0.1) is 5.92 Å². The Kier molecular flexibility index (Phi) is 3.15. The van der Waals surface area contributed by atoms with Crippen molar-refractivity contribution in [1.29, 1.82) is 0 Å². The van der Waals surface area contributed by atoms with Crippen LogP contribution in [0.15, 0.2) is 18.2 Å². The molecule has 2 fully saturated rings. The SMILES string of the molecule is CC(c1cccc(C2(C)CC2)c1OC(C)(C)C)C1CC1. The van der Waals surface area contributed by atoms with E-state index >= 15 is 0 Å². The fourth-order valence-corrected chi connectivity index (χ4v) is 3.12. The third-order valence-corrected chi connectivity index (χ3v) is 4.92. The summed E-state index contributed by atoms with van der Waals surface area (Å²) in [6.45, 7) is 11.2. The average Bonchev–Trinajstić information content (AvgIpc) is 3.21. The van der Waals surface area contributed by atoms with E-state index in [0.717, 1.165) is 5.92 Å². The zero-order chi connectivity index (χ0) is 14.5. The molecule has 0 aromatic heterocycles. The Labute approximate surface area is 123 Å². The molecule has 0 radical (unpaired) electrons. The summed E-state index contributed by atoms with van der Waals surface area (Å²) >= 11 is 0. The van der Waals surface area contributed by atoms with Crippen molar-refractivity contribution >= 4 is 0 Å². The summed E-state index contributed by atoms with van der Waals surface area (Å²) in [5.74, 6) is 2.70. The lowest BCUT2D eigenvalue weighted by Crippen LogP contribution is -2.25. The van der Waals surface area contributed by atoms with Crippen LogP contribution in [0.1, 0.15) is 77.3 Å². The van der Waals surface area contributed by atoms with Gasteiger partial charge in [-0.2, -0.15) is 0 Å². The molecule has 1 heteroatoms. The second-order valence-corrected chi connectivity index (χ2v) is 8.13. The van der Waals surface area contributed by atoms with Crippen LogP contribution in [0.2, 0.25) is 0 Å². The van der Waals surface area contributed by atoms with Crippen LogP contribution in [0.3, 0.4) is 0 Å². The molecule has 0 bridgehead atoms. The number of hydrogen-bond acceptors (Lipinski definition) is 1. The highest BCUT2D eigenvalue weighted by atomic mass is 16.5. The molecule has 0 spiro atoms. The number of rotatable bonds is 4. The molecular weight excluding hydrogens is 244 g/mol. The van der Waals surface area contributed by atoms with E-state index in [9.17, 15) is 0 Å². The minimum absolute atomic E-state index is 0.126. The van der Waals surface area contributed by atoms with Gasteiger partial charge in [0.15, 0.2) is 0 Å². The predicted octanol–water partition coefficient (Wildman–Crippen LogP) is 5.43. The van der Waals surface area contributed by atoms with Crippen LogP contribution in [-0.4, -0.2) is 5.60 Å². The Hall–Kier alpha value is -0.980.